The zero-order valence-electron chi connectivity index (χ0n) is 8.61. The van der Waals surface area contributed by atoms with Crippen LogP contribution < -0.4 is 11.1 Å². The number of benzene rings is 1. The molecule has 0 saturated carbocycles. The van der Waals surface area contributed by atoms with Crippen LogP contribution in [0.15, 0.2) is 16.6 Å². The third-order valence-electron chi connectivity index (χ3n) is 2.04. The summed E-state index contributed by atoms with van der Waals surface area (Å²) in [6, 6.07) is 4.32. The quantitative estimate of drug-likeness (QED) is 0.898. The Morgan fingerprint density at radius 2 is 2.12 bits per heavy atom. The van der Waals surface area contributed by atoms with E-state index in [4.69, 9.17) is 11.0 Å². The van der Waals surface area contributed by atoms with Crippen LogP contribution in [0.4, 0.5) is 18.9 Å². The van der Waals surface area contributed by atoms with Crippen molar-refractivity contribution in [3.63, 3.8) is 0 Å². The molecule has 3 nitrogen and oxygen atoms in total. The topological polar surface area (TPSA) is 61.8 Å². The van der Waals surface area contributed by atoms with E-state index in [1.165, 1.54) is 12.1 Å². The maximum atomic E-state index is 13.6. The Labute approximate surface area is 105 Å². The van der Waals surface area contributed by atoms with E-state index in [2.05, 4.69) is 21.2 Å². The van der Waals surface area contributed by atoms with Crippen molar-refractivity contribution >= 4 is 21.6 Å². The number of hydrogen-bond donors (Lipinski definition) is 2. The van der Waals surface area contributed by atoms with E-state index in [1.807, 2.05) is 0 Å². The minimum Gasteiger partial charge on any atom is -0.377 e. The Balaban J connectivity index is 2.88. The number of halogens is 4. The summed E-state index contributed by atoms with van der Waals surface area (Å²) in [6.07, 6.45) is 0. The molecule has 1 aromatic rings. The largest absolute Gasteiger partial charge is 0.377 e. The van der Waals surface area contributed by atoms with Gasteiger partial charge in [-0.05, 0) is 28.1 Å². The third-order valence-corrected chi connectivity index (χ3v) is 2.81. The molecule has 0 heterocycles. The monoisotopic (exact) mass is 307 g/mol. The Kier molecular flexibility index (Phi) is 4.37. The fourth-order valence-electron chi connectivity index (χ4n) is 1.07. The molecule has 0 fully saturated rings. The normalized spacial score (nSPS) is 11.1. The van der Waals surface area contributed by atoms with Crippen molar-refractivity contribution in [2.24, 2.45) is 5.73 Å². The summed E-state index contributed by atoms with van der Waals surface area (Å²) in [7, 11) is 0. The zero-order chi connectivity index (χ0) is 13.1. The smallest absolute Gasteiger partial charge is 0.276 e. The van der Waals surface area contributed by atoms with Crippen LogP contribution in [0.3, 0.4) is 0 Å². The van der Waals surface area contributed by atoms with Crippen LogP contribution in [-0.4, -0.2) is 19.0 Å². The Morgan fingerprint density at radius 3 is 2.65 bits per heavy atom. The molecule has 0 bridgehead atoms. The second-order valence-electron chi connectivity index (χ2n) is 3.31. The van der Waals surface area contributed by atoms with Crippen molar-refractivity contribution in [3.05, 3.63) is 28.0 Å². The van der Waals surface area contributed by atoms with E-state index >= 15 is 0 Å². The molecule has 92 valence electrons. The van der Waals surface area contributed by atoms with Gasteiger partial charge in [0.25, 0.3) is 5.92 Å². The highest BCUT2D eigenvalue weighted by Gasteiger charge is 2.26. The van der Waals surface area contributed by atoms with Gasteiger partial charge < -0.3 is 11.1 Å². The number of hydrogen-bond acceptors (Lipinski definition) is 3. The molecular formula is C10H9BrF3N3. The van der Waals surface area contributed by atoms with Gasteiger partial charge in [0.2, 0.25) is 0 Å². The first-order valence-electron chi connectivity index (χ1n) is 4.61. The lowest BCUT2D eigenvalue weighted by molar-refractivity contribution is 0.0253. The van der Waals surface area contributed by atoms with E-state index < -0.39 is 24.8 Å². The highest BCUT2D eigenvalue weighted by molar-refractivity contribution is 9.10. The molecule has 0 aliphatic heterocycles. The minimum absolute atomic E-state index is 0.0546. The lowest BCUT2D eigenvalue weighted by Crippen LogP contribution is -2.35. The Bertz CT molecular complexity index is 457. The summed E-state index contributed by atoms with van der Waals surface area (Å²) in [5.41, 5.74) is 4.84. The van der Waals surface area contributed by atoms with Gasteiger partial charge in [-0.1, -0.05) is 0 Å². The standard InChI is InChI=1S/C10H9BrF3N3/c11-8-6(3-15)1-2-7(9(8)12)17-5-10(13,14)4-16/h1-2,17H,4-5,16H2. The summed E-state index contributed by atoms with van der Waals surface area (Å²) < 4.78 is 39.2. The predicted octanol–water partition coefficient (Wildman–Crippen LogP) is 2.47. The maximum Gasteiger partial charge on any atom is 0.276 e. The van der Waals surface area contributed by atoms with Crippen molar-refractivity contribution in [2.75, 3.05) is 18.4 Å². The number of nitrogens with one attached hydrogen (secondary N) is 1. The maximum absolute atomic E-state index is 13.6. The van der Waals surface area contributed by atoms with Crippen molar-refractivity contribution in [2.45, 2.75) is 5.92 Å². The molecule has 1 rings (SSSR count). The zero-order valence-corrected chi connectivity index (χ0v) is 10.2. The van der Waals surface area contributed by atoms with Crippen molar-refractivity contribution in [3.8, 4) is 6.07 Å². The number of anilines is 1. The summed E-state index contributed by atoms with van der Waals surface area (Å²) in [6.45, 7) is -1.59. The SMILES string of the molecule is N#Cc1ccc(NCC(F)(F)CN)c(F)c1Br. The number of nitrogens with two attached hydrogens (primary N) is 1. The summed E-state index contributed by atoms with van der Waals surface area (Å²) in [4.78, 5) is 0. The van der Waals surface area contributed by atoms with Crippen molar-refractivity contribution < 1.29 is 13.2 Å². The van der Waals surface area contributed by atoms with Gasteiger partial charge >= 0.3 is 0 Å². The molecule has 0 unspecified atom stereocenters. The molecule has 0 amide bonds. The number of nitrogens with zero attached hydrogens (tertiary/aromatic N) is 1. The Morgan fingerprint density at radius 1 is 1.47 bits per heavy atom. The average Bonchev–Trinajstić information content (AvgIpc) is 2.31. The molecule has 3 N–H and O–H groups in total. The number of nitriles is 1. The van der Waals surface area contributed by atoms with Gasteiger partial charge in [0.15, 0.2) is 5.82 Å². The minimum atomic E-state index is -3.10. The highest BCUT2D eigenvalue weighted by atomic mass is 79.9. The molecule has 17 heavy (non-hydrogen) atoms. The van der Waals surface area contributed by atoms with Crippen molar-refractivity contribution in [1.29, 1.82) is 5.26 Å². The molecule has 0 atom stereocenters. The summed E-state index contributed by atoms with van der Waals surface area (Å²) in [5, 5.41) is 10.9. The first kappa shape index (κ1) is 13.8. The van der Waals surface area contributed by atoms with Gasteiger partial charge in [-0.25, -0.2) is 13.2 Å². The molecule has 0 radical (unpaired) electrons. The number of rotatable bonds is 4. The van der Waals surface area contributed by atoms with E-state index in [1.54, 1.807) is 6.07 Å². The first-order chi connectivity index (χ1) is 7.91. The van der Waals surface area contributed by atoms with E-state index in [9.17, 15) is 13.2 Å². The molecule has 0 aliphatic rings. The molecule has 0 aliphatic carbocycles. The third kappa shape index (κ3) is 3.35. The Hall–Kier alpha value is -1.26. The van der Waals surface area contributed by atoms with Gasteiger partial charge in [-0.2, -0.15) is 5.26 Å². The average molecular weight is 308 g/mol. The van der Waals surface area contributed by atoms with Crippen LogP contribution in [0.2, 0.25) is 0 Å². The van der Waals surface area contributed by atoms with Gasteiger partial charge in [-0.15, -0.1) is 0 Å². The molecule has 7 heteroatoms. The van der Waals surface area contributed by atoms with Crippen LogP contribution in [0.5, 0.6) is 0 Å². The first-order valence-corrected chi connectivity index (χ1v) is 5.40. The fraction of sp³-hybridized carbons (Fsp3) is 0.300. The van der Waals surface area contributed by atoms with E-state index in [0.717, 1.165) is 0 Å². The fourth-order valence-corrected chi connectivity index (χ4v) is 1.50. The van der Waals surface area contributed by atoms with Crippen LogP contribution in [0.25, 0.3) is 0 Å². The van der Waals surface area contributed by atoms with E-state index in [-0.39, 0.29) is 15.7 Å². The highest BCUT2D eigenvalue weighted by Crippen LogP contribution is 2.27. The van der Waals surface area contributed by atoms with Crippen LogP contribution >= 0.6 is 15.9 Å². The van der Waals surface area contributed by atoms with Crippen LogP contribution in [-0.2, 0) is 0 Å². The lowest BCUT2D eigenvalue weighted by atomic mass is 10.2. The number of alkyl halides is 2. The van der Waals surface area contributed by atoms with Gasteiger partial charge in [0.1, 0.15) is 6.07 Å². The second-order valence-corrected chi connectivity index (χ2v) is 4.11. The van der Waals surface area contributed by atoms with Gasteiger partial charge in [0, 0.05) is 0 Å². The predicted molar refractivity (Wildman–Crippen MR) is 61.3 cm³/mol. The van der Waals surface area contributed by atoms with Crippen LogP contribution in [0, 0.1) is 17.1 Å². The van der Waals surface area contributed by atoms with Gasteiger partial charge in [-0.3, -0.25) is 0 Å². The molecule has 1 aromatic carbocycles. The van der Waals surface area contributed by atoms with Crippen molar-refractivity contribution in [1.82, 2.24) is 0 Å². The summed E-state index contributed by atoms with van der Waals surface area (Å²) >= 11 is 2.88. The molecule has 0 spiro atoms. The summed E-state index contributed by atoms with van der Waals surface area (Å²) in [5.74, 6) is -3.89. The molecule has 0 saturated heterocycles. The lowest BCUT2D eigenvalue weighted by Gasteiger charge is -2.16. The van der Waals surface area contributed by atoms with Gasteiger partial charge in [0.05, 0.1) is 28.8 Å². The van der Waals surface area contributed by atoms with Crippen LogP contribution in [0.1, 0.15) is 5.56 Å². The van der Waals surface area contributed by atoms with E-state index in [0.29, 0.717) is 0 Å². The second kappa shape index (κ2) is 5.38. The molecule has 0 aromatic heterocycles. The molecular weight excluding hydrogens is 299 g/mol.